The summed E-state index contributed by atoms with van der Waals surface area (Å²) in [5.74, 6) is -0.675. The molecule has 1 aliphatic carbocycles. The molecule has 30 heavy (non-hydrogen) atoms. The van der Waals surface area contributed by atoms with Crippen LogP contribution in [0.2, 0.25) is 0 Å². The Kier molecular flexibility index (Phi) is 5.75. The molecule has 6 nitrogen and oxygen atoms in total. The molecule has 0 radical (unpaired) electrons. The molecule has 0 spiro atoms. The van der Waals surface area contributed by atoms with Gasteiger partial charge < -0.3 is 15.3 Å². The van der Waals surface area contributed by atoms with Gasteiger partial charge in [-0.2, -0.15) is 0 Å². The lowest BCUT2D eigenvalue weighted by Gasteiger charge is -2.26. The Balaban J connectivity index is 1.52. The highest BCUT2D eigenvalue weighted by Gasteiger charge is 2.19. The molecule has 0 bridgehead atoms. The summed E-state index contributed by atoms with van der Waals surface area (Å²) in [7, 11) is 2.05. The van der Waals surface area contributed by atoms with Crippen LogP contribution < -0.4 is 10.2 Å². The predicted molar refractivity (Wildman–Crippen MR) is 118 cm³/mol. The number of allylic oxidation sites excluding steroid dienone is 1. The van der Waals surface area contributed by atoms with E-state index in [9.17, 15) is 9.90 Å². The SMILES string of the molecule is CN(c1cccnc1)c1ccc2c(c1)CCCC2/C=C/Nc1cnccc1C(=O)O. The molecule has 3 aromatic rings. The van der Waals surface area contributed by atoms with Crippen molar-refractivity contribution in [3.8, 4) is 0 Å². The van der Waals surface area contributed by atoms with Crippen molar-refractivity contribution < 1.29 is 9.90 Å². The van der Waals surface area contributed by atoms with Crippen molar-refractivity contribution in [3.05, 3.63) is 90.2 Å². The third-order valence-corrected chi connectivity index (χ3v) is 5.53. The Bertz CT molecular complexity index is 1070. The normalized spacial score (nSPS) is 15.6. The fourth-order valence-electron chi connectivity index (χ4n) is 3.90. The second kappa shape index (κ2) is 8.78. The Morgan fingerprint density at radius 2 is 2.03 bits per heavy atom. The van der Waals surface area contributed by atoms with E-state index < -0.39 is 5.97 Å². The summed E-state index contributed by atoms with van der Waals surface area (Å²) >= 11 is 0. The van der Waals surface area contributed by atoms with Crippen LogP contribution in [0.4, 0.5) is 17.1 Å². The standard InChI is InChI=1S/C24H24N4O2/c1-28(20-6-3-11-25-15-20)19-7-8-21-17(4-2-5-18(21)14-19)9-13-27-23-16-26-12-10-22(23)24(29)30/h3,6-17,27H,2,4-5H2,1H3,(H,29,30)/b13-9+. The molecule has 0 saturated heterocycles. The molecule has 1 unspecified atom stereocenters. The first-order valence-corrected chi connectivity index (χ1v) is 10.0. The summed E-state index contributed by atoms with van der Waals surface area (Å²) < 4.78 is 0. The number of aromatic carboxylic acids is 1. The molecule has 4 rings (SSSR count). The first kappa shape index (κ1) is 19.6. The van der Waals surface area contributed by atoms with Gasteiger partial charge in [0, 0.05) is 31.0 Å². The van der Waals surface area contributed by atoms with E-state index in [4.69, 9.17) is 0 Å². The van der Waals surface area contributed by atoms with Gasteiger partial charge in [-0.3, -0.25) is 9.97 Å². The van der Waals surface area contributed by atoms with Crippen molar-refractivity contribution in [2.75, 3.05) is 17.3 Å². The minimum atomic E-state index is -0.971. The van der Waals surface area contributed by atoms with Gasteiger partial charge in [0.1, 0.15) is 0 Å². The fourth-order valence-corrected chi connectivity index (χ4v) is 3.90. The van der Waals surface area contributed by atoms with Crippen LogP contribution in [0.1, 0.15) is 40.2 Å². The van der Waals surface area contributed by atoms with Crippen LogP contribution in [0.25, 0.3) is 0 Å². The number of hydrogen-bond donors (Lipinski definition) is 2. The van der Waals surface area contributed by atoms with Crippen LogP contribution in [0.15, 0.2) is 73.5 Å². The smallest absolute Gasteiger partial charge is 0.337 e. The zero-order valence-corrected chi connectivity index (χ0v) is 16.8. The number of nitrogens with zero attached hydrogens (tertiary/aromatic N) is 3. The third-order valence-electron chi connectivity index (χ3n) is 5.53. The minimum absolute atomic E-state index is 0.210. The van der Waals surface area contributed by atoms with Gasteiger partial charge in [0.2, 0.25) is 0 Å². The second-order valence-corrected chi connectivity index (χ2v) is 7.38. The number of fused-ring (bicyclic) bond motifs is 1. The second-order valence-electron chi connectivity index (χ2n) is 7.38. The van der Waals surface area contributed by atoms with Crippen molar-refractivity contribution in [2.24, 2.45) is 0 Å². The van der Waals surface area contributed by atoms with Crippen LogP contribution in [0.3, 0.4) is 0 Å². The summed E-state index contributed by atoms with van der Waals surface area (Å²) in [5, 5.41) is 12.4. The number of pyridine rings is 2. The molecule has 6 heteroatoms. The van der Waals surface area contributed by atoms with Gasteiger partial charge in [-0.05, 0) is 66.9 Å². The van der Waals surface area contributed by atoms with Crippen LogP contribution >= 0.6 is 0 Å². The molecule has 1 aromatic carbocycles. The molecule has 152 valence electrons. The average molecular weight is 400 g/mol. The largest absolute Gasteiger partial charge is 0.478 e. The summed E-state index contributed by atoms with van der Waals surface area (Å²) in [4.78, 5) is 21.7. The topological polar surface area (TPSA) is 78.4 Å². The van der Waals surface area contributed by atoms with Crippen molar-refractivity contribution in [3.63, 3.8) is 0 Å². The highest BCUT2D eigenvalue weighted by Crippen LogP contribution is 2.36. The lowest BCUT2D eigenvalue weighted by atomic mass is 9.82. The van der Waals surface area contributed by atoms with E-state index in [1.165, 1.54) is 29.6 Å². The molecule has 0 saturated carbocycles. The van der Waals surface area contributed by atoms with Gasteiger partial charge in [0.25, 0.3) is 0 Å². The van der Waals surface area contributed by atoms with E-state index >= 15 is 0 Å². The number of carboxylic acids is 1. The molecule has 0 aliphatic heterocycles. The first-order chi connectivity index (χ1) is 14.6. The van der Waals surface area contributed by atoms with E-state index in [-0.39, 0.29) is 5.56 Å². The monoisotopic (exact) mass is 400 g/mol. The molecular weight excluding hydrogens is 376 g/mol. The van der Waals surface area contributed by atoms with Crippen molar-refractivity contribution in [2.45, 2.75) is 25.2 Å². The summed E-state index contributed by atoms with van der Waals surface area (Å²) in [6, 6.07) is 12.1. The lowest BCUT2D eigenvalue weighted by Crippen LogP contribution is -2.13. The molecule has 1 atom stereocenters. The molecular formula is C24H24N4O2. The van der Waals surface area contributed by atoms with Gasteiger partial charge in [0.05, 0.1) is 29.3 Å². The average Bonchev–Trinajstić information content (AvgIpc) is 2.79. The molecule has 0 amide bonds. The first-order valence-electron chi connectivity index (χ1n) is 10.0. The van der Waals surface area contributed by atoms with Crippen LogP contribution in [-0.2, 0) is 6.42 Å². The molecule has 0 fully saturated rings. The third kappa shape index (κ3) is 4.17. The number of carboxylic acid groups (broad SMARTS) is 1. The number of anilines is 3. The fraction of sp³-hybridized carbons (Fsp3) is 0.208. The Morgan fingerprint density at radius 1 is 1.17 bits per heavy atom. The lowest BCUT2D eigenvalue weighted by molar-refractivity contribution is 0.0698. The summed E-state index contributed by atoms with van der Waals surface area (Å²) in [6.45, 7) is 0. The van der Waals surface area contributed by atoms with E-state index in [0.717, 1.165) is 30.6 Å². The van der Waals surface area contributed by atoms with E-state index in [1.54, 1.807) is 6.20 Å². The van der Waals surface area contributed by atoms with Gasteiger partial charge in [0.15, 0.2) is 0 Å². The van der Waals surface area contributed by atoms with Gasteiger partial charge >= 0.3 is 5.97 Å². The van der Waals surface area contributed by atoms with Gasteiger partial charge in [-0.1, -0.05) is 12.1 Å². The van der Waals surface area contributed by atoms with Gasteiger partial charge in [-0.15, -0.1) is 0 Å². The highest BCUT2D eigenvalue weighted by molar-refractivity contribution is 5.94. The van der Waals surface area contributed by atoms with Gasteiger partial charge in [-0.25, -0.2) is 4.79 Å². The van der Waals surface area contributed by atoms with Crippen LogP contribution in [0.5, 0.6) is 0 Å². The van der Waals surface area contributed by atoms with Crippen LogP contribution in [0, 0.1) is 0 Å². The molecule has 2 heterocycles. The number of carbonyl (C=O) groups is 1. The molecule has 2 N–H and O–H groups in total. The number of aromatic nitrogens is 2. The van der Waals surface area contributed by atoms with E-state index in [0.29, 0.717) is 11.6 Å². The Hall–Kier alpha value is -3.67. The van der Waals surface area contributed by atoms with E-state index in [1.807, 2.05) is 24.5 Å². The summed E-state index contributed by atoms with van der Waals surface area (Å²) in [6.07, 6.45) is 13.9. The zero-order valence-electron chi connectivity index (χ0n) is 16.8. The quantitative estimate of drug-likeness (QED) is 0.607. The minimum Gasteiger partial charge on any atom is -0.478 e. The Labute approximate surface area is 175 Å². The summed E-state index contributed by atoms with van der Waals surface area (Å²) in [5.41, 5.74) is 5.59. The highest BCUT2D eigenvalue weighted by atomic mass is 16.4. The zero-order chi connectivity index (χ0) is 20.9. The number of aryl methyl sites for hydroxylation is 1. The number of nitrogens with one attached hydrogen (secondary N) is 1. The number of rotatable bonds is 6. The maximum atomic E-state index is 11.3. The predicted octanol–water partition coefficient (Wildman–Crippen LogP) is 4.99. The number of hydrogen-bond acceptors (Lipinski definition) is 5. The maximum absolute atomic E-state index is 11.3. The van der Waals surface area contributed by atoms with Crippen molar-refractivity contribution >= 4 is 23.0 Å². The van der Waals surface area contributed by atoms with E-state index in [2.05, 4.69) is 51.5 Å². The maximum Gasteiger partial charge on any atom is 0.337 e. The van der Waals surface area contributed by atoms with Crippen molar-refractivity contribution in [1.29, 1.82) is 0 Å². The number of benzene rings is 1. The molecule has 2 aromatic heterocycles. The van der Waals surface area contributed by atoms with Crippen LogP contribution in [-0.4, -0.2) is 28.1 Å². The molecule has 1 aliphatic rings. The van der Waals surface area contributed by atoms with Crippen molar-refractivity contribution in [1.82, 2.24) is 9.97 Å². The Morgan fingerprint density at radius 3 is 2.83 bits per heavy atom.